The van der Waals surface area contributed by atoms with Gasteiger partial charge in [0, 0.05) is 4.88 Å². The topological polar surface area (TPSA) is 37.8 Å². The molecule has 0 saturated heterocycles. The number of thiophene rings is 1. The van der Waals surface area contributed by atoms with Crippen molar-refractivity contribution in [3.8, 4) is 0 Å². The number of nitrogens with one attached hydrogen (secondary N) is 1. The van der Waals surface area contributed by atoms with Gasteiger partial charge >= 0.3 is 0 Å². The Balaban J connectivity index is 2.03. The maximum Gasteiger partial charge on any atom is 0.0891 e. The minimum atomic E-state index is -0.00504. The van der Waals surface area contributed by atoms with E-state index in [0.717, 1.165) is 39.6 Å². The standard InChI is InChI=1S/C16H16ClN3S/c1-2-8-18-15(16-11(17)7-9-21-16)14-10-19-12-5-3-4-6-13(12)20-14/h3-7,9-10,15,18H,2,8H2,1H3. The maximum atomic E-state index is 6.30. The molecule has 3 rings (SSSR count). The normalized spacial score (nSPS) is 12.7. The molecule has 5 heteroatoms. The molecule has 21 heavy (non-hydrogen) atoms. The highest BCUT2D eigenvalue weighted by molar-refractivity contribution is 7.10. The van der Waals surface area contributed by atoms with Crippen molar-refractivity contribution in [1.29, 1.82) is 0 Å². The van der Waals surface area contributed by atoms with E-state index in [1.165, 1.54) is 0 Å². The molecule has 1 unspecified atom stereocenters. The fraction of sp³-hybridized carbons (Fsp3) is 0.250. The molecule has 0 bridgehead atoms. The number of rotatable bonds is 5. The smallest absolute Gasteiger partial charge is 0.0891 e. The van der Waals surface area contributed by atoms with Crippen LogP contribution in [0.2, 0.25) is 5.02 Å². The summed E-state index contributed by atoms with van der Waals surface area (Å²) in [7, 11) is 0. The van der Waals surface area contributed by atoms with E-state index in [1.54, 1.807) is 11.3 Å². The minimum absolute atomic E-state index is 0.00504. The van der Waals surface area contributed by atoms with E-state index in [0.29, 0.717) is 0 Å². The molecule has 3 nitrogen and oxygen atoms in total. The van der Waals surface area contributed by atoms with Crippen LogP contribution in [0.5, 0.6) is 0 Å². The van der Waals surface area contributed by atoms with Gasteiger partial charge in [0.05, 0.1) is 34.0 Å². The van der Waals surface area contributed by atoms with Crippen LogP contribution in [0.3, 0.4) is 0 Å². The molecule has 0 spiro atoms. The van der Waals surface area contributed by atoms with E-state index in [2.05, 4.69) is 17.2 Å². The summed E-state index contributed by atoms with van der Waals surface area (Å²) in [6.45, 7) is 3.06. The summed E-state index contributed by atoms with van der Waals surface area (Å²) in [6, 6.07) is 9.83. The molecule has 1 N–H and O–H groups in total. The number of nitrogens with zero attached hydrogens (tertiary/aromatic N) is 2. The van der Waals surface area contributed by atoms with Crippen LogP contribution in [-0.2, 0) is 0 Å². The Morgan fingerprint density at radius 2 is 2.05 bits per heavy atom. The molecule has 0 radical (unpaired) electrons. The van der Waals surface area contributed by atoms with E-state index >= 15 is 0 Å². The molecule has 0 aliphatic rings. The van der Waals surface area contributed by atoms with E-state index in [1.807, 2.05) is 41.9 Å². The molecular weight excluding hydrogens is 302 g/mol. The van der Waals surface area contributed by atoms with Gasteiger partial charge in [-0.2, -0.15) is 0 Å². The SMILES string of the molecule is CCCNC(c1cnc2ccccc2n1)c1sccc1Cl. The van der Waals surface area contributed by atoms with Crippen LogP contribution >= 0.6 is 22.9 Å². The van der Waals surface area contributed by atoms with Gasteiger partial charge in [0.1, 0.15) is 0 Å². The quantitative estimate of drug-likeness (QED) is 0.756. The summed E-state index contributed by atoms with van der Waals surface area (Å²) in [6.07, 6.45) is 2.90. The fourth-order valence-corrected chi connectivity index (χ4v) is 3.49. The maximum absolute atomic E-state index is 6.30. The fourth-order valence-electron chi connectivity index (χ4n) is 2.24. The summed E-state index contributed by atoms with van der Waals surface area (Å²) in [5, 5.41) is 6.30. The van der Waals surface area contributed by atoms with Gasteiger partial charge in [-0.25, -0.2) is 4.98 Å². The molecule has 0 aliphatic carbocycles. The molecule has 0 saturated carbocycles. The largest absolute Gasteiger partial charge is 0.304 e. The number of halogens is 1. The van der Waals surface area contributed by atoms with Crippen molar-refractivity contribution in [2.45, 2.75) is 19.4 Å². The Hall–Kier alpha value is -1.49. The van der Waals surface area contributed by atoms with E-state index < -0.39 is 0 Å². The lowest BCUT2D eigenvalue weighted by atomic mass is 10.1. The van der Waals surface area contributed by atoms with Crippen LogP contribution in [0.4, 0.5) is 0 Å². The Labute approximate surface area is 133 Å². The Kier molecular flexibility index (Phi) is 4.48. The summed E-state index contributed by atoms with van der Waals surface area (Å²) in [4.78, 5) is 10.3. The highest BCUT2D eigenvalue weighted by Gasteiger charge is 2.19. The molecule has 108 valence electrons. The highest BCUT2D eigenvalue weighted by Crippen LogP contribution is 2.32. The lowest BCUT2D eigenvalue weighted by Gasteiger charge is -2.17. The van der Waals surface area contributed by atoms with Gasteiger partial charge in [-0.15, -0.1) is 11.3 Å². The van der Waals surface area contributed by atoms with Gasteiger partial charge in [-0.1, -0.05) is 30.7 Å². The van der Waals surface area contributed by atoms with Gasteiger partial charge in [0.25, 0.3) is 0 Å². The number of benzene rings is 1. The average Bonchev–Trinajstić information content (AvgIpc) is 2.94. The first-order chi connectivity index (χ1) is 10.3. The van der Waals surface area contributed by atoms with Crippen molar-refractivity contribution < 1.29 is 0 Å². The van der Waals surface area contributed by atoms with Crippen LogP contribution in [0, 0.1) is 0 Å². The van der Waals surface area contributed by atoms with E-state index in [4.69, 9.17) is 16.6 Å². The third kappa shape index (κ3) is 3.07. The minimum Gasteiger partial charge on any atom is -0.304 e. The summed E-state index contributed by atoms with van der Waals surface area (Å²) in [5.74, 6) is 0. The molecular formula is C16H16ClN3S. The number of hydrogen-bond donors (Lipinski definition) is 1. The molecule has 3 aromatic rings. The number of hydrogen-bond acceptors (Lipinski definition) is 4. The zero-order chi connectivity index (χ0) is 14.7. The zero-order valence-corrected chi connectivity index (χ0v) is 13.3. The van der Waals surface area contributed by atoms with Crippen LogP contribution in [-0.4, -0.2) is 16.5 Å². The second-order valence-corrected chi connectivity index (χ2v) is 6.16. The Morgan fingerprint density at radius 1 is 1.24 bits per heavy atom. The third-order valence-corrected chi connectivity index (χ3v) is 4.69. The summed E-state index contributed by atoms with van der Waals surface area (Å²) >= 11 is 7.95. The second-order valence-electron chi connectivity index (χ2n) is 4.80. The van der Waals surface area contributed by atoms with Crippen molar-refractivity contribution in [3.63, 3.8) is 0 Å². The molecule has 2 heterocycles. The third-order valence-electron chi connectivity index (χ3n) is 3.27. The lowest BCUT2D eigenvalue weighted by Crippen LogP contribution is -2.23. The first-order valence-corrected chi connectivity index (χ1v) is 8.23. The first-order valence-electron chi connectivity index (χ1n) is 6.97. The predicted molar refractivity (Wildman–Crippen MR) is 89.0 cm³/mol. The van der Waals surface area contributed by atoms with Crippen molar-refractivity contribution in [2.75, 3.05) is 6.54 Å². The number of fused-ring (bicyclic) bond motifs is 1. The second kappa shape index (κ2) is 6.52. The number of para-hydroxylation sites is 2. The summed E-state index contributed by atoms with van der Waals surface area (Å²) < 4.78 is 0. The molecule has 0 amide bonds. The van der Waals surface area contributed by atoms with Crippen LogP contribution in [0.25, 0.3) is 11.0 Å². The molecule has 1 atom stereocenters. The zero-order valence-electron chi connectivity index (χ0n) is 11.7. The van der Waals surface area contributed by atoms with Crippen molar-refractivity contribution in [3.05, 3.63) is 57.5 Å². The molecule has 2 aromatic heterocycles. The van der Waals surface area contributed by atoms with Gasteiger partial charge in [-0.05, 0) is 36.5 Å². The summed E-state index contributed by atoms with van der Waals surface area (Å²) in [5.41, 5.74) is 2.73. The molecule has 1 aromatic carbocycles. The van der Waals surface area contributed by atoms with Gasteiger partial charge < -0.3 is 5.32 Å². The predicted octanol–water partition coefficient (Wildman–Crippen LogP) is 4.43. The van der Waals surface area contributed by atoms with Crippen LogP contribution in [0.1, 0.15) is 30.0 Å². The monoisotopic (exact) mass is 317 g/mol. The molecule has 0 aliphatic heterocycles. The Morgan fingerprint density at radius 3 is 2.76 bits per heavy atom. The van der Waals surface area contributed by atoms with Crippen molar-refractivity contribution in [2.24, 2.45) is 0 Å². The number of aromatic nitrogens is 2. The Bertz CT molecular complexity index is 741. The van der Waals surface area contributed by atoms with E-state index in [9.17, 15) is 0 Å². The van der Waals surface area contributed by atoms with Gasteiger partial charge in [0.2, 0.25) is 0 Å². The van der Waals surface area contributed by atoms with Crippen LogP contribution in [0.15, 0.2) is 41.9 Å². The highest BCUT2D eigenvalue weighted by atomic mass is 35.5. The van der Waals surface area contributed by atoms with Gasteiger partial charge in [-0.3, -0.25) is 4.98 Å². The molecule has 0 fully saturated rings. The van der Waals surface area contributed by atoms with Gasteiger partial charge in [0.15, 0.2) is 0 Å². The average molecular weight is 318 g/mol. The van der Waals surface area contributed by atoms with Crippen molar-refractivity contribution >= 4 is 34.0 Å². The van der Waals surface area contributed by atoms with Crippen molar-refractivity contribution in [1.82, 2.24) is 15.3 Å². The lowest BCUT2D eigenvalue weighted by molar-refractivity contribution is 0.593. The first kappa shape index (κ1) is 14.4. The van der Waals surface area contributed by atoms with E-state index in [-0.39, 0.29) is 6.04 Å². The van der Waals surface area contributed by atoms with Crippen LogP contribution < -0.4 is 5.32 Å².